The lowest BCUT2D eigenvalue weighted by molar-refractivity contribution is -0.904. The number of hydrogen-bond acceptors (Lipinski definition) is 3. The number of quaternary nitrogens is 1. The second-order valence-corrected chi connectivity index (χ2v) is 6.82. The Morgan fingerprint density at radius 3 is 2.42 bits per heavy atom. The van der Waals surface area contributed by atoms with E-state index in [0.29, 0.717) is 30.5 Å². The Morgan fingerprint density at radius 1 is 1.08 bits per heavy atom. The average Bonchev–Trinajstić information content (AvgIpc) is 2.66. The molecule has 0 unspecified atom stereocenters. The Morgan fingerprint density at radius 2 is 1.77 bits per heavy atom. The van der Waals surface area contributed by atoms with Crippen molar-refractivity contribution in [2.45, 2.75) is 33.4 Å². The first-order valence-corrected chi connectivity index (χ1v) is 9.40. The molecule has 0 atom stereocenters. The first-order chi connectivity index (χ1) is 12.6. The number of amides is 1. The smallest absolute Gasteiger partial charge is 0.331 e. The van der Waals surface area contributed by atoms with Crippen LogP contribution in [-0.2, 0) is 17.9 Å². The molecule has 7 nitrogen and oxygen atoms in total. The fraction of sp³-hybridized carbons (Fsp3) is 0.526. The fourth-order valence-electron chi connectivity index (χ4n) is 3.73. The zero-order valence-electron chi connectivity index (χ0n) is 15.5. The lowest BCUT2D eigenvalue weighted by atomic mass is 10.2. The van der Waals surface area contributed by atoms with Gasteiger partial charge in [-0.05, 0) is 25.5 Å². The van der Waals surface area contributed by atoms with E-state index in [-0.39, 0.29) is 18.0 Å². The van der Waals surface area contributed by atoms with Gasteiger partial charge in [0.05, 0.1) is 43.6 Å². The third kappa shape index (κ3) is 3.44. The van der Waals surface area contributed by atoms with Crippen LogP contribution in [0.1, 0.15) is 20.3 Å². The highest BCUT2D eigenvalue weighted by Gasteiger charge is 2.24. The number of carbonyl (C=O) groups excluding carboxylic acids is 1. The van der Waals surface area contributed by atoms with Crippen LogP contribution in [0.4, 0.5) is 0 Å². The van der Waals surface area contributed by atoms with Gasteiger partial charge in [-0.15, -0.1) is 0 Å². The highest BCUT2D eigenvalue weighted by atomic mass is 16.2. The van der Waals surface area contributed by atoms with Crippen LogP contribution < -0.4 is 16.1 Å². The van der Waals surface area contributed by atoms with Gasteiger partial charge in [-0.25, -0.2) is 4.79 Å². The number of piperazine rings is 1. The molecule has 26 heavy (non-hydrogen) atoms. The quantitative estimate of drug-likeness (QED) is 0.769. The lowest BCUT2D eigenvalue weighted by Gasteiger charge is -2.32. The van der Waals surface area contributed by atoms with E-state index in [2.05, 4.69) is 6.92 Å². The van der Waals surface area contributed by atoms with Crippen molar-refractivity contribution in [2.75, 3.05) is 32.7 Å². The molecule has 1 aliphatic rings. The summed E-state index contributed by atoms with van der Waals surface area (Å²) in [6.45, 7) is 8.61. The molecule has 1 aliphatic heterocycles. The summed E-state index contributed by atoms with van der Waals surface area (Å²) in [5.41, 5.74) is -0.191. The van der Waals surface area contributed by atoms with Crippen molar-refractivity contribution in [2.24, 2.45) is 0 Å². The van der Waals surface area contributed by atoms with E-state index < -0.39 is 5.69 Å². The molecule has 1 N–H and O–H groups in total. The topological polar surface area (TPSA) is 68.8 Å². The molecule has 0 bridgehead atoms. The van der Waals surface area contributed by atoms with Crippen molar-refractivity contribution in [3.63, 3.8) is 0 Å². The van der Waals surface area contributed by atoms with Crippen molar-refractivity contribution in [1.29, 1.82) is 0 Å². The molecule has 0 aliphatic carbocycles. The van der Waals surface area contributed by atoms with Crippen LogP contribution in [0.3, 0.4) is 0 Å². The van der Waals surface area contributed by atoms with Gasteiger partial charge in [0.1, 0.15) is 6.54 Å². The Kier molecular flexibility index (Phi) is 5.56. The van der Waals surface area contributed by atoms with Crippen molar-refractivity contribution in [3.8, 4) is 0 Å². The Hall–Kier alpha value is -2.41. The maximum atomic E-state index is 12.7. The van der Waals surface area contributed by atoms with Crippen molar-refractivity contribution in [3.05, 3.63) is 45.1 Å². The van der Waals surface area contributed by atoms with Crippen molar-refractivity contribution >= 4 is 16.8 Å². The minimum Gasteiger partial charge on any atom is -0.332 e. The van der Waals surface area contributed by atoms with E-state index in [1.54, 1.807) is 33.7 Å². The van der Waals surface area contributed by atoms with Gasteiger partial charge in [0.15, 0.2) is 0 Å². The Balaban J connectivity index is 1.86. The molecule has 1 fully saturated rings. The maximum absolute atomic E-state index is 12.7. The number of rotatable bonds is 5. The number of hydrogen-bond donors (Lipinski definition) is 1. The summed E-state index contributed by atoms with van der Waals surface area (Å²) >= 11 is 0. The summed E-state index contributed by atoms with van der Waals surface area (Å²) in [5.74, 6) is -0.155. The molecule has 140 valence electrons. The molecule has 3 rings (SSSR count). The highest BCUT2D eigenvalue weighted by Crippen LogP contribution is 2.07. The zero-order valence-corrected chi connectivity index (χ0v) is 15.5. The molecule has 1 aromatic carbocycles. The van der Waals surface area contributed by atoms with E-state index in [0.717, 1.165) is 30.6 Å². The maximum Gasteiger partial charge on any atom is 0.331 e. The molecular formula is C19H27N4O3+. The Bertz CT molecular complexity index is 907. The predicted molar refractivity (Wildman–Crippen MR) is 101 cm³/mol. The molecule has 7 heteroatoms. The number of aromatic nitrogens is 2. The van der Waals surface area contributed by atoms with Crippen molar-refractivity contribution < 1.29 is 9.69 Å². The summed E-state index contributed by atoms with van der Waals surface area (Å²) in [7, 11) is 0. The number of fused-ring (bicyclic) bond motifs is 1. The van der Waals surface area contributed by atoms with Gasteiger partial charge in [-0.1, -0.05) is 19.1 Å². The zero-order chi connectivity index (χ0) is 18.7. The minimum atomic E-state index is -0.417. The van der Waals surface area contributed by atoms with E-state index in [1.807, 2.05) is 6.92 Å². The summed E-state index contributed by atoms with van der Waals surface area (Å²) in [6.07, 6.45) is 1.13. The van der Waals surface area contributed by atoms with Crippen LogP contribution in [0, 0.1) is 0 Å². The molecular weight excluding hydrogens is 332 g/mol. The molecule has 0 spiro atoms. The SMILES string of the molecule is CCC[NH+]1CCN(C(=O)Cn2c(=O)c3ccccc3n(CC)c2=O)CC1. The second kappa shape index (κ2) is 7.86. The summed E-state index contributed by atoms with van der Waals surface area (Å²) in [5, 5.41) is 0.471. The molecule has 2 heterocycles. The van der Waals surface area contributed by atoms with E-state index >= 15 is 0 Å². The highest BCUT2D eigenvalue weighted by molar-refractivity contribution is 5.79. The number of carbonyl (C=O) groups is 1. The first kappa shape index (κ1) is 18.4. The van der Waals surface area contributed by atoms with Crippen LogP contribution in [0.2, 0.25) is 0 Å². The molecule has 1 amide bonds. The fourth-order valence-corrected chi connectivity index (χ4v) is 3.73. The van der Waals surface area contributed by atoms with Crippen LogP contribution in [0.25, 0.3) is 10.9 Å². The summed E-state index contributed by atoms with van der Waals surface area (Å²) in [4.78, 5) is 41.5. The van der Waals surface area contributed by atoms with E-state index in [9.17, 15) is 14.4 Å². The van der Waals surface area contributed by atoms with Crippen LogP contribution >= 0.6 is 0 Å². The summed E-state index contributed by atoms with van der Waals surface area (Å²) in [6, 6.07) is 7.05. The molecule has 1 aromatic heterocycles. The number of nitrogens with one attached hydrogen (secondary N) is 1. The minimum absolute atomic E-state index is 0.155. The van der Waals surface area contributed by atoms with Gasteiger partial charge in [0.2, 0.25) is 5.91 Å². The van der Waals surface area contributed by atoms with Gasteiger partial charge >= 0.3 is 5.69 Å². The van der Waals surface area contributed by atoms with E-state index in [4.69, 9.17) is 0 Å². The predicted octanol–water partition coefficient (Wildman–Crippen LogP) is -0.680. The largest absolute Gasteiger partial charge is 0.332 e. The molecule has 2 aromatic rings. The van der Waals surface area contributed by atoms with E-state index in [1.165, 1.54) is 4.90 Å². The van der Waals surface area contributed by atoms with Crippen molar-refractivity contribution in [1.82, 2.24) is 14.0 Å². The van der Waals surface area contributed by atoms with Gasteiger partial charge in [-0.2, -0.15) is 0 Å². The van der Waals surface area contributed by atoms with Gasteiger partial charge < -0.3 is 9.80 Å². The van der Waals surface area contributed by atoms with Gasteiger partial charge in [0.25, 0.3) is 5.56 Å². The normalized spacial score (nSPS) is 15.5. The lowest BCUT2D eigenvalue weighted by Crippen LogP contribution is -3.14. The molecule has 0 saturated carbocycles. The van der Waals surface area contributed by atoms with Gasteiger partial charge in [-0.3, -0.25) is 18.7 Å². The number of nitrogens with zero attached hydrogens (tertiary/aromatic N) is 3. The molecule has 1 saturated heterocycles. The summed E-state index contributed by atoms with van der Waals surface area (Å²) < 4.78 is 2.63. The second-order valence-electron chi connectivity index (χ2n) is 6.82. The van der Waals surface area contributed by atoms with Crippen LogP contribution in [0.5, 0.6) is 0 Å². The number of benzene rings is 1. The standard InChI is InChI=1S/C19H26N4O3/c1-3-9-20-10-12-21(13-11-20)17(24)14-23-18(25)15-7-5-6-8-16(15)22(4-2)19(23)26/h5-8H,3-4,9-14H2,1-2H3/p+1. The number of para-hydroxylation sites is 1. The monoisotopic (exact) mass is 359 g/mol. The van der Waals surface area contributed by atoms with Crippen LogP contribution in [-0.4, -0.2) is 52.7 Å². The average molecular weight is 359 g/mol. The van der Waals surface area contributed by atoms with Gasteiger partial charge in [0, 0.05) is 6.54 Å². The van der Waals surface area contributed by atoms with Crippen LogP contribution in [0.15, 0.2) is 33.9 Å². The number of aryl methyl sites for hydroxylation is 1. The molecule has 0 radical (unpaired) electrons. The third-order valence-corrected chi connectivity index (χ3v) is 5.17. The first-order valence-electron chi connectivity index (χ1n) is 9.40. The third-order valence-electron chi connectivity index (χ3n) is 5.17. The Labute approximate surface area is 152 Å².